The number of fused-ring (bicyclic) bond motifs is 3. The third-order valence-electron chi connectivity index (χ3n) is 6.99. The lowest BCUT2D eigenvalue weighted by molar-refractivity contribution is -0.139. The van der Waals surface area contributed by atoms with Crippen LogP contribution in [0.2, 0.25) is 4.34 Å². The van der Waals surface area contributed by atoms with Crippen LogP contribution < -0.4 is 0 Å². The van der Waals surface area contributed by atoms with Gasteiger partial charge in [-0.25, -0.2) is 0 Å². The van der Waals surface area contributed by atoms with Crippen molar-refractivity contribution in [2.24, 2.45) is 5.92 Å². The summed E-state index contributed by atoms with van der Waals surface area (Å²) in [5.74, 6) is -0.338. The maximum atomic E-state index is 13.2. The predicted octanol–water partition coefficient (Wildman–Crippen LogP) is 4.48. The van der Waals surface area contributed by atoms with E-state index >= 15 is 0 Å². The van der Waals surface area contributed by atoms with E-state index in [2.05, 4.69) is 39.8 Å². The minimum absolute atomic E-state index is 0.160. The molecule has 5 rings (SSSR count). The third kappa shape index (κ3) is 4.81. The van der Waals surface area contributed by atoms with E-state index in [0.29, 0.717) is 13.1 Å². The number of amides is 1. The number of nitrogens with zero attached hydrogens (tertiary/aromatic N) is 3. The summed E-state index contributed by atoms with van der Waals surface area (Å²) in [5.41, 5.74) is 3.79. The second-order valence-electron chi connectivity index (χ2n) is 9.12. The SMILES string of the molecule is O=C(O)CC1CCN(CC(=O)N2CCc3c(n(Cc4ccc(Cl)s4)c4ccccc34)C2)CC1. The molecular formula is C25H28ClN3O3S. The Bertz CT molecular complexity index is 1180. The van der Waals surface area contributed by atoms with E-state index in [0.717, 1.165) is 49.8 Å². The summed E-state index contributed by atoms with van der Waals surface area (Å²) in [7, 11) is 0. The summed E-state index contributed by atoms with van der Waals surface area (Å²) >= 11 is 7.78. The molecule has 1 amide bonds. The van der Waals surface area contributed by atoms with Gasteiger partial charge in [-0.2, -0.15) is 0 Å². The Balaban J connectivity index is 1.31. The number of carboxylic acid groups (broad SMARTS) is 1. The first-order chi connectivity index (χ1) is 16.0. The summed E-state index contributed by atoms with van der Waals surface area (Å²) < 4.78 is 3.14. The zero-order chi connectivity index (χ0) is 22.9. The molecule has 0 unspecified atom stereocenters. The summed E-state index contributed by atoms with van der Waals surface area (Å²) in [5, 5.41) is 10.3. The van der Waals surface area contributed by atoms with Gasteiger partial charge in [-0.1, -0.05) is 29.8 Å². The van der Waals surface area contributed by atoms with E-state index in [-0.39, 0.29) is 18.2 Å². The van der Waals surface area contributed by atoms with Crippen LogP contribution in [0, 0.1) is 5.92 Å². The minimum Gasteiger partial charge on any atom is -0.481 e. The zero-order valence-electron chi connectivity index (χ0n) is 18.5. The number of aromatic nitrogens is 1. The van der Waals surface area contributed by atoms with Gasteiger partial charge in [0.2, 0.25) is 5.91 Å². The van der Waals surface area contributed by atoms with E-state index in [1.165, 1.54) is 27.0 Å². The van der Waals surface area contributed by atoms with Crippen LogP contribution in [0.3, 0.4) is 0 Å². The molecule has 174 valence electrons. The first-order valence-electron chi connectivity index (χ1n) is 11.5. The number of aliphatic carboxylic acids is 1. The van der Waals surface area contributed by atoms with Gasteiger partial charge in [0.15, 0.2) is 0 Å². The van der Waals surface area contributed by atoms with Crippen LogP contribution in [0.5, 0.6) is 0 Å². The number of carboxylic acids is 1. The number of likely N-dealkylation sites (tertiary alicyclic amines) is 1. The maximum absolute atomic E-state index is 13.2. The first kappa shape index (κ1) is 22.4. The van der Waals surface area contributed by atoms with Gasteiger partial charge in [-0.3, -0.25) is 14.5 Å². The Morgan fingerprint density at radius 1 is 1.09 bits per heavy atom. The number of piperidine rings is 1. The summed E-state index contributed by atoms with van der Waals surface area (Å²) in [4.78, 5) is 29.5. The minimum atomic E-state index is -0.728. The molecule has 2 aliphatic rings. The lowest BCUT2D eigenvalue weighted by Crippen LogP contribution is -2.45. The van der Waals surface area contributed by atoms with Crippen molar-refractivity contribution in [2.75, 3.05) is 26.2 Å². The molecule has 8 heteroatoms. The van der Waals surface area contributed by atoms with E-state index < -0.39 is 5.97 Å². The van der Waals surface area contributed by atoms with E-state index in [4.69, 9.17) is 16.7 Å². The van der Waals surface area contributed by atoms with Crippen molar-refractivity contribution in [1.82, 2.24) is 14.4 Å². The Hall–Kier alpha value is -2.35. The normalized spacial score (nSPS) is 17.4. The van der Waals surface area contributed by atoms with E-state index in [1.54, 1.807) is 11.3 Å². The zero-order valence-corrected chi connectivity index (χ0v) is 20.1. The molecule has 2 aliphatic heterocycles. The molecule has 0 bridgehead atoms. The highest BCUT2D eigenvalue weighted by molar-refractivity contribution is 7.16. The van der Waals surface area contributed by atoms with Crippen LogP contribution in [0.15, 0.2) is 36.4 Å². The quantitative estimate of drug-likeness (QED) is 0.559. The van der Waals surface area contributed by atoms with Gasteiger partial charge in [-0.15, -0.1) is 11.3 Å². The monoisotopic (exact) mass is 485 g/mol. The number of thiophene rings is 1. The third-order valence-corrected chi connectivity index (χ3v) is 8.21. The lowest BCUT2D eigenvalue weighted by atomic mass is 9.93. The van der Waals surface area contributed by atoms with Gasteiger partial charge < -0.3 is 14.6 Å². The summed E-state index contributed by atoms with van der Waals surface area (Å²) in [6.07, 6.45) is 2.79. The maximum Gasteiger partial charge on any atom is 0.303 e. The fourth-order valence-electron chi connectivity index (χ4n) is 5.27. The number of halogens is 1. The molecule has 3 aromatic rings. The highest BCUT2D eigenvalue weighted by atomic mass is 35.5. The van der Waals surface area contributed by atoms with Crippen LogP contribution >= 0.6 is 22.9 Å². The van der Waals surface area contributed by atoms with E-state index in [1.807, 2.05) is 11.0 Å². The van der Waals surface area contributed by atoms with Gasteiger partial charge >= 0.3 is 5.97 Å². The Morgan fingerprint density at radius 3 is 2.61 bits per heavy atom. The van der Waals surface area contributed by atoms with Crippen LogP contribution in [-0.2, 0) is 29.1 Å². The summed E-state index contributed by atoms with van der Waals surface area (Å²) in [6, 6.07) is 12.5. The van der Waals surface area contributed by atoms with Crippen LogP contribution in [0.1, 0.15) is 35.4 Å². The molecule has 0 radical (unpaired) electrons. The highest BCUT2D eigenvalue weighted by Crippen LogP contribution is 2.33. The molecule has 4 heterocycles. The molecule has 2 aromatic heterocycles. The lowest BCUT2D eigenvalue weighted by Gasteiger charge is -2.34. The van der Waals surface area contributed by atoms with Gasteiger partial charge in [0.05, 0.1) is 24.0 Å². The van der Waals surface area contributed by atoms with Crippen molar-refractivity contribution < 1.29 is 14.7 Å². The van der Waals surface area contributed by atoms with Crippen LogP contribution in [0.25, 0.3) is 10.9 Å². The molecular weight excluding hydrogens is 458 g/mol. The number of para-hydroxylation sites is 1. The number of benzene rings is 1. The molecule has 6 nitrogen and oxygen atoms in total. The van der Waals surface area contributed by atoms with Gasteiger partial charge in [0, 0.05) is 34.4 Å². The molecule has 1 saturated heterocycles. The predicted molar refractivity (Wildman–Crippen MR) is 131 cm³/mol. The second-order valence-corrected chi connectivity index (χ2v) is 10.9. The topological polar surface area (TPSA) is 65.8 Å². The number of rotatable bonds is 6. The fraction of sp³-hybridized carbons (Fsp3) is 0.440. The van der Waals surface area contributed by atoms with Gasteiger partial charge in [-0.05, 0) is 62.0 Å². The number of carbonyl (C=O) groups excluding carboxylic acids is 1. The molecule has 1 N–H and O–H groups in total. The largest absolute Gasteiger partial charge is 0.481 e. The Kier molecular flexibility index (Phi) is 6.45. The van der Waals surface area contributed by atoms with Gasteiger partial charge in [0.1, 0.15) is 0 Å². The summed E-state index contributed by atoms with van der Waals surface area (Å²) in [6.45, 7) is 4.12. The van der Waals surface area contributed by atoms with Crippen LogP contribution in [-0.4, -0.2) is 57.5 Å². The van der Waals surface area contributed by atoms with Crippen molar-refractivity contribution in [3.63, 3.8) is 0 Å². The fourth-order valence-corrected chi connectivity index (χ4v) is 6.34. The standard InChI is InChI=1S/C25H28ClN3O3S/c26-23-6-5-18(33-23)14-29-21-4-2-1-3-19(21)20-9-12-28(15-22(20)29)24(30)16-27-10-7-17(8-11-27)13-25(31)32/h1-6,17H,7-16H2,(H,31,32). The first-order valence-corrected chi connectivity index (χ1v) is 12.7. The highest BCUT2D eigenvalue weighted by Gasteiger charge is 2.29. The number of carbonyl (C=O) groups is 2. The average Bonchev–Trinajstić information content (AvgIpc) is 3.36. The second kappa shape index (κ2) is 9.49. The molecule has 0 aliphatic carbocycles. The van der Waals surface area contributed by atoms with Crippen molar-refractivity contribution in [1.29, 1.82) is 0 Å². The number of hydrogen-bond acceptors (Lipinski definition) is 4. The molecule has 1 fully saturated rings. The van der Waals surface area contributed by atoms with Crippen molar-refractivity contribution in [3.05, 3.63) is 56.9 Å². The smallest absolute Gasteiger partial charge is 0.303 e. The van der Waals surface area contributed by atoms with Crippen molar-refractivity contribution in [3.8, 4) is 0 Å². The number of hydrogen-bond donors (Lipinski definition) is 1. The van der Waals surface area contributed by atoms with Crippen molar-refractivity contribution in [2.45, 2.75) is 38.8 Å². The molecule has 0 saturated carbocycles. The van der Waals surface area contributed by atoms with Crippen molar-refractivity contribution >= 4 is 45.7 Å². The average molecular weight is 486 g/mol. The van der Waals surface area contributed by atoms with E-state index in [9.17, 15) is 9.59 Å². The molecule has 1 aromatic carbocycles. The Labute approximate surface area is 202 Å². The Morgan fingerprint density at radius 2 is 1.88 bits per heavy atom. The molecule has 0 spiro atoms. The molecule has 0 atom stereocenters. The molecule has 33 heavy (non-hydrogen) atoms. The van der Waals surface area contributed by atoms with Crippen LogP contribution in [0.4, 0.5) is 0 Å². The van der Waals surface area contributed by atoms with Gasteiger partial charge in [0.25, 0.3) is 0 Å².